The van der Waals surface area contributed by atoms with E-state index in [1.807, 2.05) is 0 Å². The molecule has 1 N–H and O–H groups in total. The molecule has 0 saturated carbocycles. The number of carbonyl (C=O) groups excluding carboxylic acids is 1. The molecule has 0 spiro atoms. The smallest absolute Gasteiger partial charge is 0.345 e. The van der Waals surface area contributed by atoms with E-state index in [2.05, 4.69) is 6.58 Å². The fourth-order valence-electron chi connectivity index (χ4n) is 1.83. The van der Waals surface area contributed by atoms with Crippen molar-refractivity contribution in [2.75, 3.05) is 13.2 Å². The zero-order valence-corrected chi connectivity index (χ0v) is 8.57. The Morgan fingerprint density at radius 2 is 2.44 bits per heavy atom. The topological polar surface area (TPSA) is 70.1 Å². The summed E-state index contributed by atoms with van der Waals surface area (Å²) in [5.41, 5.74) is 0. The van der Waals surface area contributed by atoms with Gasteiger partial charge in [0.15, 0.2) is 0 Å². The van der Waals surface area contributed by atoms with Gasteiger partial charge in [-0.2, -0.15) is 5.06 Å². The molecule has 1 saturated heterocycles. The standard InChI is InChI=1S/C10H12N2O4/c1-2-5-16-12-7-3-4-8(9(13)14)11(6-7)10(12)15/h2-4,7-8H,1,5-6H2,(H,13,14)/t7?,8-/m0/s1. The Morgan fingerprint density at radius 3 is 3.06 bits per heavy atom. The summed E-state index contributed by atoms with van der Waals surface area (Å²) < 4.78 is 0. The normalized spacial score (nSPS) is 27.4. The van der Waals surface area contributed by atoms with Crippen molar-refractivity contribution in [1.82, 2.24) is 9.96 Å². The third-order valence-electron chi connectivity index (χ3n) is 2.56. The summed E-state index contributed by atoms with van der Waals surface area (Å²) in [5.74, 6) is -1.03. The van der Waals surface area contributed by atoms with Gasteiger partial charge in [0.2, 0.25) is 0 Å². The van der Waals surface area contributed by atoms with Gasteiger partial charge in [0.1, 0.15) is 6.04 Å². The number of aliphatic carboxylic acids is 1. The maximum Gasteiger partial charge on any atom is 0.345 e. The first-order chi connectivity index (χ1) is 7.65. The lowest BCUT2D eigenvalue weighted by molar-refractivity contribution is -0.140. The minimum absolute atomic E-state index is 0.206. The number of rotatable bonds is 4. The molecule has 2 aliphatic rings. The van der Waals surface area contributed by atoms with Gasteiger partial charge in [0.25, 0.3) is 0 Å². The van der Waals surface area contributed by atoms with Crippen molar-refractivity contribution in [2.45, 2.75) is 12.1 Å². The van der Waals surface area contributed by atoms with Crippen LogP contribution in [-0.2, 0) is 9.63 Å². The lowest BCUT2D eigenvalue weighted by Crippen LogP contribution is -2.43. The van der Waals surface area contributed by atoms with E-state index in [0.29, 0.717) is 6.54 Å². The lowest BCUT2D eigenvalue weighted by atomic mass is 10.1. The van der Waals surface area contributed by atoms with Crippen molar-refractivity contribution in [2.24, 2.45) is 0 Å². The second-order valence-electron chi connectivity index (χ2n) is 3.58. The van der Waals surface area contributed by atoms with Crippen molar-refractivity contribution in [3.05, 3.63) is 24.8 Å². The Balaban J connectivity index is 2.15. The number of urea groups is 1. The van der Waals surface area contributed by atoms with E-state index in [4.69, 9.17) is 9.94 Å². The molecule has 0 aromatic heterocycles. The average Bonchev–Trinajstić information content (AvgIpc) is 2.50. The van der Waals surface area contributed by atoms with Gasteiger partial charge >= 0.3 is 12.0 Å². The highest BCUT2D eigenvalue weighted by atomic mass is 16.7. The van der Waals surface area contributed by atoms with E-state index >= 15 is 0 Å². The van der Waals surface area contributed by atoms with Crippen LogP contribution in [0.1, 0.15) is 0 Å². The molecule has 86 valence electrons. The Bertz CT molecular complexity index is 366. The number of hydroxylamine groups is 2. The predicted molar refractivity (Wildman–Crippen MR) is 54.4 cm³/mol. The van der Waals surface area contributed by atoms with Gasteiger partial charge in [-0.25, -0.2) is 9.59 Å². The summed E-state index contributed by atoms with van der Waals surface area (Å²) in [4.78, 5) is 29.1. The second kappa shape index (κ2) is 3.97. The molecule has 0 aromatic carbocycles. The number of nitrogens with zero attached hydrogens (tertiary/aromatic N) is 2. The minimum atomic E-state index is -1.03. The lowest BCUT2D eigenvalue weighted by Gasteiger charge is -2.22. The monoisotopic (exact) mass is 224 g/mol. The van der Waals surface area contributed by atoms with E-state index < -0.39 is 18.0 Å². The van der Waals surface area contributed by atoms with Crippen molar-refractivity contribution in [3.8, 4) is 0 Å². The molecule has 2 heterocycles. The Labute approximate surface area is 92.3 Å². The first-order valence-corrected chi connectivity index (χ1v) is 4.90. The highest BCUT2D eigenvalue weighted by Crippen LogP contribution is 2.25. The van der Waals surface area contributed by atoms with E-state index in [0.717, 1.165) is 0 Å². The number of hydrogen-bond acceptors (Lipinski definition) is 3. The highest BCUT2D eigenvalue weighted by molar-refractivity contribution is 5.86. The van der Waals surface area contributed by atoms with Crippen LogP contribution in [-0.4, -0.2) is 52.3 Å². The SMILES string of the molecule is C=CCON1C(=O)N2CC1C=C[C@H]2C(=O)O. The van der Waals surface area contributed by atoms with Crippen LogP contribution in [0.25, 0.3) is 0 Å². The van der Waals surface area contributed by atoms with Crippen molar-refractivity contribution >= 4 is 12.0 Å². The molecule has 16 heavy (non-hydrogen) atoms. The van der Waals surface area contributed by atoms with Crippen LogP contribution >= 0.6 is 0 Å². The van der Waals surface area contributed by atoms with Crippen LogP contribution in [0.5, 0.6) is 0 Å². The van der Waals surface area contributed by atoms with Crippen LogP contribution in [0, 0.1) is 0 Å². The summed E-state index contributed by atoms with van der Waals surface area (Å²) in [6.45, 7) is 4.06. The fourth-order valence-corrected chi connectivity index (χ4v) is 1.83. The molecule has 2 amide bonds. The largest absolute Gasteiger partial charge is 0.479 e. The Hall–Kier alpha value is -1.82. The van der Waals surface area contributed by atoms with E-state index in [-0.39, 0.29) is 12.6 Å². The number of carbonyl (C=O) groups is 2. The first kappa shape index (κ1) is 10.7. The number of amides is 2. The predicted octanol–water partition coefficient (Wildman–Crippen LogP) is 0.233. The highest BCUT2D eigenvalue weighted by Gasteiger charge is 2.45. The molecule has 2 atom stereocenters. The third kappa shape index (κ3) is 1.57. The fraction of sp³-hybridized carbons (Fsp3) is 0.400. The van der Waals surface area contributed by atoms with Crippen molar-refractivity contribution in [3.63, 3.8) is 0 Å². The second-order valence-corrected chi connectivity index (χ2v) is 3.58. The number of fused-ring (bicyclic) bond motifs is 2. The number of carboxylic acid groups (broad SMARTS) is 1. The van der Waals surface area contributed by atoms with E-state index in [1.54, 1.807) is 6.08 Å². The summed E-state index contributed by atoms with van der Waals surface area (Å²) >= 11 is 0. The molecule has 0 aromatic rings. The minimum Gasteiger partial charge on any atom is -0.479 e. The summed E-state index contributed by atoms with van der Waals surface area (Å²) in [7, 11) is 0. The Morgan fingerprint density at radius 1 is 1.69 bits per heavy atom. The first-order valence-electron chi connectivity index (χ1n) is 4.90. The van der Waals surface area contributed by atoms with Gasteiger partial charge in [-0.05, 0) is 0 Å². The van der Waals surface area contributed by atoms with Gasteiger partial charge in [-0.15, -0.1) is 6.58 Å². The maximum atomic E-state index is 11.8. The Kier molecular flexibility index (Phi) is 2.66. The summed E-state index contributed by atoms with van der Waals surface area (Å²) in [6.07, 6.45) is 4.72. The zero-order chi connectivity index (χ0) is 11.7. The van der Waals surface area contributed by atoms with Gasteiger partial charge in [0, 0.05) is 0 Å². The zero-order valence-electron chi connectivity index (χ0n) is 8.57. The molecule has 2 aliphatic heterocycles. The van der Waals surface area contributed by atoms with Crippen LogP contribution < -0.4 is 0 Å². The molecular weight excluding hydrogens is 212 g/mol. The van der Waals surface area contributed by atoms with Crippen molar-refractivity contribution < 1.29 is 19.5 Å². The van der Waals surface area contributed by atoms with Crippen LogP contribution in [0.3, 0.4) is 0 Å². The molecule has 6 nitrogen and oxygen atoms in total. The van der Waals surface area contributed by atoms with Gasteiger partial charge in [-0.3, -0.25) is 4.84 Å². The average molecular weight is 224 g/mol. The van der Waals surface area contributed by atoms with E-state index in [9.17, 15) is 9.59 Å². The molecule has 1 unspecified atom stereocenters. The van der Waals surface area contributed by atoms with Crippen molar-refractivity contribution in [1.29, 1.82) is 0 Å². The summed E-state index contributed by atoms with van der Waals surface area (Å²) in [6, 6.07) is -1.51. The number of carboxylic acids is 1. The van der Waals surface area contributed by atoms with Gasteiger partial charge < -0.3 is 10.0 Å². The molecule has 1 fully saturated rings. The van der Waals surface area contributed by atoms with Crippen LogP contribution in [0.4, 0.5) is 4.79 Å². The molecule has 0 radical (unpaired) electrons. The molecule has 6 heteroatoms. The molecule has 2 bridgehead atoms. The van der Waals surface area contributed by atoms with Gasteiger partial charge in [-0.1, -0.05) is 18.2 Å². The summed E-state index contributed by atoms with van der Waals surface area (Å²) in [5, 5.41) is 10.1. The third-order valence-corrected chi connectivity index (χ3v) is 2.56. The van der Waals surface area contributed by atoms with Gasteiger partial charge in [0.05, 0.1) is 19.2 Å². The number of hydrogen-bond donors (Lipinski definition) is 1. The molecule has 2 rings (SSSR count). The maximum absolute atomic E-state index is 11.8. The molecule has 0 aliphatic carbocycles. The molecular formula is C10H12N2O4. The quantitative estimate of drug-likeness (QED) is 0.694. The van der Waals surface area contributed by atoms with Crippen LogP contribution in [0.2, 0.25) is 0 Å². The van der Waals surface area contributed by atoms with E-state index in [1.165, 1.54) is 22.1 Å². The van der Waals surface area contributed by atoms with Crippen LogP contribution in [0.15, 0.2) is 24.8 Å².